The molecule has 0 aliphatic heterocycles. The highest BCUT2D eigenvalue weighted by atomic mass is 16.3. The van der Waals surface area contributed by atoms with Crippen molar-refractivity contribution in [2.75, 3.05) is 0 Å². The maximum absolute atomic E-state index is 10.6. The first kappa shape index (κ1) is 12.8. The number of aliphatic hydroxyl groups is 1. The van der Waals surface area contributed by atoms with Crippen molar-refractivity contribution in [1.29, 1.82) is 0 Å². The van der Waals surface area contributed by atoms with Crippen molar-refractivity contribution in [2.45, 2.75) is 32.3 Å². The maximum atomic E-state index is 10.6. The lowest BCUT2D eigenvalue weighted by atomic mass is 9.76. The average Bonchev–Trinajstić information content (AvgIpc) is 2.39. The second-order valence-corrected chi connectivity index (χ2v) is 5.40. The monoisotopic (exact) mass is 240 g/mol. The summed E-state index contributed by atoms with van der Waals surface area (Å²) in [5.41, 5.74) is 3.01. The lowest BCUT2D eigenvalue weighted by Crippen LogP contribution is -2.26. The molecule has 2 aromatic carbocycles. The summed E-state index contributed by atoms with van der Waals surface area (Å²) in [6.45, 7) is 6.20. The van der Waals surface area contributed by atoms with Crippen LogP contribution < -0.4 is 0 Å². The summed E-state index contributed by atoms with van der Waals surface area (Å²) in [5, 5.41) is 10.6. The summed E-state index contributed by atoms with van der Waals surface area (Å²) in [4.78, 5) is 0. The molecule has 0 spiro atoms. The molecule has 1 heteroatoms. The highest BCUT2D eigenvalue weighted by molar-refractivity contribution is 5.32. The van der Waals surface area contributed by atoms with Crippen molar-refractivity contribution >= 4 is 0 Å². The Hall–Kier alpha value is -1.60. The molecule has 2 aromatic rings. The molecule has 2 rings (SSSR count). The van der Waals surface area contributed by atoms with Gasteiger partial charge < -0.3 is 5.11 Å². The van der Waals surface area contributed by atoms with Gasteiger partial charge in [0.1, 0.15) is 0 Å². The van der Waals surface area contributed by atoms with Crippen LogP contribution in [0.3, 0.4) is 0 Å². The van der Waals surface area contributed by atoms with Crippen LogP contribution in [-0.2, 0) is 5.41 Å². The Morgan fingerprint density at radius 1 is 0.944 bits per heavy atom. The Morgan fingerprint density at radius 3 is 2.22 bits per heavy atom. The van der Waals surface area contributed by atoms with Crippen molar-refractivity contribution in [3.05, 3.63) is 71.3 Å². The molecular formula is C17H20O. The third kappa shape index (κ3) is 2.46. The minimum atomic E-state index is -0.500. The Morgan fingerprint density at radius 2 is 1.61 bits per heavy atom. The van der Waals surface area contributed by atoms with Gasteiger partial charge in [0.15, 0.2) is 0 Å². The fraction of sp³-hybridized carbons (Fsp3) is 0.294. The number of aliphatic hydroxyl groups excluding tert-OH is 1. The first-order chi connectivity index (χ1) is 8.51. The number of hydrogen-bond acceptors (Lipinski definition) is 1. The number of benzene rings is 2. The molecule has 0 fully saturated rings. The van der Waals surface area contributed by atoms with E-state index < -0.39 is 6.10 Å². The van der Waals surface area contributed by atoms with E-state index in [9.17, 15) is 5.11 Å². The van der Waals surface area contributed by atoms with E-state index in [0.29, 0.717) is 0 Å². The molecule has 0 aliphatic rings. The largest absolute Gasteiger partial charge is 0.388 e. The van der Waals surface area contributed by atoms with Crippen molar-refractivity contribution < 1.29 is 5.11 Å². The first-order valence-corrected chi connectivity index (χ1v) is 6.32. The zero-order valence-corrected chi connectivity index (χ0v) is 11.2. The second-order valence-electron chi connectivity index (χ2n) is 5.40. The van der Waals surface area contributed by atoms with Gasteiger partial charge in [-0.3, -0.25) is 0 Å². The van der Waals surface area contributed by atoms with Gasteiger partial charge in [-0.1, -0.05) is 74.0 Å². The molecule has 0 aliphatic carbocycles. The highest BCUT2D eigenvalue weighted by Crippen LogP contribution is 2.36. The number of rotatable bonds is 3. The van der Waals surface area contributed by atoms with E-state index in [-0.39, 0.29) is 5.41 Å². The van der Waals surface area contributed by atoms with Crippen LogP contribution in [0.25, 0.3) is 0 Å². The molecule has 1 unspecified atom stereocenters. The molecule has 1 nitrogen and oxygen atoms in total. The molecule has 94 valence electrons. The molecule has 0 saturated carbocycles. The molecule has 0 heterocycles. The average molecular weight is 240 g/mol. The van der Waals surface area contributed by atoms with Gasteiger partial charge in [0.25, 0.3) is 0 Å². The van der Waals surface area contributed by atoms with E-state index in [2.05, 4.69) is 32.0 Å². The molecule has 0 saturated heterocycles. The van der Waals surface area contributed by atoms with Crippen LogP contribution in [0.2, 0.25) is 0 Å². The molecule has 0 radical (unpaired) electrons. The van der Waals surface area contributed by atoms with Gasteiger partial charge >= 0.3 is 0 Å². The summed E-state index contributed by atoms with van der Waals surface area (Å²) >= 11 is 0. The molecule has 1 atom stereocenters. The topological polar surface area (TPSA) is 20.2 Å². The Kier molecular flexibility index (Phi) is 3.53. The van der Waals surface area contributed by atoms with Gasteiger partial charge in [-0.05, 0) is 18.1 Å². The quantitative estimate of drug-likeness (QED) is 0.859. The van der Waals surface area contributed by atoms with E-state index in [1.54, 1.807) is 0 Å². The SMILES string of the molecule is Cc1cccc(C(O)C(C)(C)c2ccccc2)c1. The molecule has 0 amide bonds. The predicted molar refractivity (Wildman–Crippen MR) is 75.6 cm³/mol. The standard InChI is InChI=1S/C17H20O/c1-13-8-7-9-14(12-13)16(18)17(2,3)15-10-5-4-6-11-15/h4-12,16,18H,1-3H3. The lowest BCUT2D eigenvalue weighted by Gasteiger charge is -2.31. The third-order valence-electron chi connectivity index (χ3n) is 3.56. The van der Waals surface area contributed by atoms with Crippen LogP contribution in [0.1, 0.15) is 36.6 Å². The number of hydrogen-bond donors (Lipinski definition) is 1. The zero-order valence-electron chi connectivity index (χ0n) is 11.2. The van der Waals surface area contributed by atoms with Gasteiger partial charge in [-0.15, -0.1) is 0 Å². The van der Waals surface area contributed by atoms with Crippen molar-refractivity contribution in [1.82, 2.24) is 0 Å². The first-order valence-electron chi connectivity index (χ1n) is 6.32. The maximum Gasteiger partial charge on any atom is 0.0881 e. The summed E-state index contributed by atoms with van der Waals surface area (Å²) in [6, 6.07) is 18.2. The van der Waals surface area contributed by atoms with E-state index in [0.717, 1.165) is 11.1 Å². The van der Waals surface area contributed by atoms with Crippen molar-refractivity contribution in [3.63, 3.8) is 0 Å². The van der Waals surface area contributed by atoms with Crippen LogP contribution in [0, 0.1) is 6.92 Å². The second kappa shape index (κ2) is 4.95. The predicted octanol–water partition coefficient (Wildman–Crippen LogP) is 4.01. The van der Waals surface area contributed by atoms with E-state index >= 15 is 0 Å². The Bertz CT molecular complexity index is 514. The molecule has 1 N–H and O–H groups in total. The van der Waals surface area contributed by atoms with Gasteiger partial charge in [0.05, 0.1) is 6.10 Å². The zero-order chi connectivity index (χ0) is 13.2. The van der Waals surface area contributed by atoms with Crippen LogP contribution >= 0.6 is 0 Å². The Balaban J connectivity index is 2.36. The minimum absolute atomic E-state index is 0.297. The fourth-order valence-corrected chi connectivity index (χ4v) is 2.28. The summed E-state index contributed by atoms with van der Waals surface area (Å²) in [5.74, 6) is 0. The summed E-state index contributed by atoms with van der Waals surface area (Å²) in [7, 11) is 0. The van der Waals surface area contributed by atoms with E-state index in [4.69, 9.17) is 0 Å². The molecule has 18 heavy (non-hydrogen) atoms. The van der Waals surface area contributed by atoms with Gasteiger partial charge in [0, 0.05) is 5.41 Å². The van der Waals surface area contributed by atoms with E-state index in [1.165, 1.54) is 5.56 Å². The lowest BCUT2D eigenvalue weighted by molar-refractivity contribution is 0.100. The molecule has 0 aromatic heterocycles. The molecule has 0 bridgehead atoms. The van der Waals surface area contributed by atoms with Gasteiger partial charge in [-0.25, -0.2) is 0 Å². The highest BCUT2D eigenvalue weighted by Gasteiger charge is 2.30. The third-order valence-corrected chi connectivity index (χ3v) is 3.56. The van der Waals surface area contributed by atoms with E-state index in [1.807, 2.05) is 43.3 Å². The number of aryl methyl sites for hydroxylation is 1. The fourth-order valence-electron chi connectivity index (χ4n) is 2.28. The summed E-state index contributed by atoms with van der Waals surface area (Å²) < 4.78 is 0. The normalized spacial score (nSPS) is 13.3. The van der Waals surface area contributed by atoms with Gasteiger partial charge in [-0.2, -0.15) is 0 Å². The Labute approximate surface area is 109 Å². The minimum Gasteiger partial charge on any atom is -0.388 e. The van der Waals surface area contributed by atoms with Crippen molar-refractivity contribution in [3.8, 4) is 0 Å². The van der Waals surface area contributed by atoms with Crippen LogP contribution in [-0.4, -0.2) is 5.11 Å². The van der Waals surface area contributed by atoms with Crippen molar-refractivity contribution in [2.24, 2.45) is 0 Å². The van der Waals surface area contributed by atoms with Gasteiger partial charge in [0.2, 0.25) is 0 Å². The summed E-state index contributed by atoms with van der Waals surface area (Å²) in [6.07, 6.45) is -0.500. The van der Waals surface area contributed by atoms with Crippen LogP contribution in [0.5, 0.6) is 0 Å². The van der Waals surface area contributed by atoms with Crippen LogP contribution in [0.4, 0.5) is 0 Å². The molecular weight excluding hydrogens is 220 g/mol. The van der Waals surface area contributed by atoms with Crippen LogP contribution in [0.15, 0.2) is 54.6 Å². The smallest absolute Gasteiger partial charge is 0.0881 e.